The van der Waals surface area contributed by atoms with Gasteiger partial charge in [-0.15, -0.1) is 11.6 Å². The molecular formula is C5H5BrCl2N2. The topological polar surface area (TPSA) is 17.8 Å². The molecule has 0 atom stereocenters. The van der Waals surface area contributed by atoms with Gasteiger partial charge >= 0.3 is 0 Å². The van der Waals surface area contributed by atoms with Crippen LogP contribution in [0.5, 0.6) is 0 Å². The average molecular weight is 244 g/mol. The highest BCUT2D eigenvalue weighted by atomic mass is 79.9. The quantitative estimate of drug-likeness (QED) is 0.694. The maximum absolute atomic E-state index is 5.77. The van der Waals surface area contributed by atoms with Crippen LogP contribution in [-0.4, -0.2) is 9.78 Å². The number of aromatic nitrogens is 2. The van der Waals surface area contributed by atoms with E-state index in [2.05, 4.69) is 21.0 Å². The standard InChI is InChI=1S/C5H5BrCl2N2/c1-10-5(8)4(6)3(2-7)9-10/h2H2,1H3. The SMILES string of the molecule is Cn1nc(CCl)c(Br)c1Cl. The Morgan fingerprint density at radius 1 is 1.70 bits per heavy atom. The first-order chi connectivity index (χ1) is 4.66. The maximum Gasteiger partial charge on any atom is 0.141 e. The van der Waals surface area contributed by atoms with E-state index in [0.717, 1.165) is 10.2 Å². The Labute approximate surface area is 77.2 Å². The Bertz CT molecular complexity index is 246. The van der Waals surface area contributed by atoms with Gasteiger partial charge in [0.2, 0.25) is 0 Å². The minimum Gasteiger partial charge on any atom is -0.256 e. The lowest BCUT2D eigenvalue weighted by Gasteiger charge is -1.86. The summed E-state index contributed by atoms with van der Waals surface area (Å²) < 4.78 is 2.36. The highest BCUT2D eigenvalue weighted by Gasteiger charge is 2.09. The molecule has 0 N–H and O–H groups in total. The molecule has 0 aromatic carbocycles. The van der Waals surface area contributed by atoms with E-state index in [-0.39, 0.29) is 0 Å². The second-order valence-corrected chi connectivity index (χ2v) is 3.23. The molecule has 0 radical (unpaired) electrons. The normalized spacial score (nSPS) is 10.4. The van der Waals surface area contributed by atoms with Crippen LogP contribution < -0.4 is 0 Å². The summed E-state index contributed by atoms with van der Waals surface area (Å²) in [6.45, 7) is 0. The molecule has 0 aliphatic heterocycles. The molecule has 5 heteroatoms. The monoisotopic (exact) mass is 242 g/mol. The van der Waals surface area contributed by atoms with E-state index in [9.17, 15) is 0 Å². The van der Waals surface area contributed by atoms with E-state index >= 15 is 0 Å². The summed E-state index contributed by atoms with van der Waals surface area (Å²) in [5, 5.41) is 4.61. The average Bonchev–Trinajstić information content (AvgIpc) is 2.17. The predicted octanol–water partition coefficient (Wildman–Crippen LogP) is 2.57. The summed E-state index contributed by atoms with van der Waals surface area (Å²) >= 11 is 14.6. The number of aryl methyl sites for hydroxylation is 1. The highest BCUT2D eigenvalue weighted by molar-refractivity contribution is 9.10. The zero-order valence-electron chi connectivity index (χ0n) is 5.24. The molecular weight excluding hydrogens is 239 g/mol. The van der Waals surface area contributed by atoms with Crippen molar-refractivity contribution in [3.05, 3.63) is 15.3 Å². The summed E-state index contributed by atoms with van der Waals surface area (Å²) in [4.78, 5) is 0. The van der Waals surface area contributed by atoms with Crippen LogP contribution in [0.15, 0.2) is 4.47 Å². The molecule has 0 fully saturated rings. The van der Waals surface area contributed by atoms with Crippen LogP contribution in [0.4, 0.5) is 0 Å². The number of hydrogen-bond donors (Lipinski definition) is 0. The van der Waals surface area contributed by atoms with Crippen LogP contribution >= 0.6 is 39.1 Å². The van der Waals surface area contributed by atoms with Crippen LogP contribution in [0.25, 0.3) is 0 Å². The second-order valence-electron chi connectivity index (χ2n) is 1.81. The largest absolute Gasteiger partial charge is 0.256 e. The molecule has 1 aromatic rings. The van der Waals surface area contributed by atoms with Crippen LogP contribution in [0.1, 0.15) is 5.69 Å². The highest BCUT2D eigenvalue weighted by Crippen LogP contribution is 2.26. The number of nitrogens with zero attached hydrogens (tertiary/aromatic N) is 2. The van der Waals surface area contributed by atoms with Gasteiger partial charge in [0.05, 0.1) is 16.0 Å². The smallest absolute Gasteiger partial charge is 0.141 e. The van der Waals surface area contributed by atoms with E-state index in [1.165, 1.54) is 0 Å². The van der Waals surface area contributed by atoms with Crippen LogP contribution in [0.3, 0.4) is 0 Å². The Morgan fingerprint density at radius 2 is 2.30 bits per heavy atom. The second kappa shape index (κ2) is 3.11. The summed E-state index contributed by atoms with van der Waals surface area (Å²) in [5.41, 5.74) is 0.772. The van der Waals surface area contributed by atoms with Gasteiger partial charge in [0.1, 0.15) is 5.15 Å². The molecule has 0 spiro atoms. The molecule has 1 aromatic heterocycles. The minimum atomic E-state index is 0.376. The number of hydrogen-bond acceptors (Lipinski definition) is 1. The zero-order valence-corrected chi connectivity index (χ0v) is 8.33. The summed E-state index contributed by atoms with van der Waals surface area (Å²) in [6.07, 6.45) is 0. The van der Waals surface area contributed by atoms with Crippen molar-refractivity contribution in [1.82, 2.24) is 9.78 Å². The molecule has 0 aliphatic carbocycles. The van der Waals surface area contributed by atoms with Crippen LogP contribution in [0, 0.1) is 0 Å². The van der Waals surface area contributed by atoms with Crippen molar-refractivity contribution in [3.63, 3.8) is 0 Å². The minimum absolute atomic E-state index is 0.376. The molecule has 0 aliphatic rings. The van der Waals surface area contributed by atoms with E-state index < -0.39 is 0 Å². The van der Waals surface area contributed by atoms with Gasteiger partial charge in [0, 0.05) is 7.05 Å². The van der Waals surface area contributed by atoms with Crippen molar-refractivity contribution in [2.45, 2.75) is 5.88 Å². The third-order valence-electron chi connectivity index (χ3n) is 1.12. The lowest BCUT2D eigenvalue weighted by molar-refractivity contribution is 0.755. The van der Waals surface area contributed by atoms with Crippen molar-refractivity contribution < 1.29 is 0 Å². The van der Waals surface area contributed by atoms with Gasteiger partial charge in [-0.1, -0.05) is 11.6 Å². The van der Waals surface area contributed by atoms with Gasteiger partial charge in [-0.05, 0) is 15.9 Å². The molecule has 0 bridgehead atoms. The van der Waals surface area contributed by atoms with Gasteiger partial charge in [-0.2, -0.15) is 5.10 Å². The molecule has 1 rings (SSSR count). The number of rotatable bonds is 1. The van der Waals surface area contributed by atoms with Crippen molar-refractivity contribution in [2.75, 3.05) is 0 Å². The Hall–Kier alpha value is 0.270. The lowest BCUT2D eigenvalue weighted by Crippen LogP contribution is -1.89. The fourth-order valence-electron chi connectivity index (χ4n) is 0.615. The summed E-state index contributed by atoms with van der Waals surface area (Å²) in [6, 6.07) is 0. The van der Waals surface area contributed by atoms with Gasteiger partial charge in [0.25, 0.3) is 0 Å². The summed E-state index contributed by atoms with van der Waals surface area (Å²) in [7, 11) is 1.77. The van der Waals surface area contributed by atoms with Gasteiger partial charge in [-0.3, -0.25) is 4.68 Å². The van der Waals surface area contributed by atoms with E-state index in [1.54, 1.807) is 11.7 Å². The molecule has 10 heavy (non-hydrogen) atoms. The first-order valence-corrected chi connectivity index (χ1v) is 4.30. The molecule has 0 amide bonds. The van der Waals surface area contributed by atoms with Gasteiger partial charge in [0.15, 0.2) is 0 Å². The molecule has 0 saturated carbocycles. The summed E-state index contributed by atoms with van der Waals surface area (Å²) in [5.74, 6) is 0.376. The van der Waals surface area contributed by atoms with Crippen molar-refractivity contribution in [2.24, 2.45) is 7.05 Å². The van der Waals surface area contributed by atoms with E-state index in [4.69, 9.17) is 23.2 Å². The Balaban J connectivity index is 3.17. The van der Waals surface area contributed by atoms with Crippen LogP contribution in [-0.2, 0) is 12.9 Å². The van der Waals surface area contributed by atoms with Gasteiger partial charge in [-0.25, -0.2) is 0 Å². The number of halogens is 3. The van der Waals surface area contributed by atoms with E-state index in [0.29, 0.717) is 11.0 Å². The maximum atomic E-state index is 5.77. The zero-order chi connectivity index (χ0) is 7.72. The first-order valence-electron chi connectivity index (χ1n) is 2.59. The molecule has 56 valence electrons. The molecule has 1 heterocycles. The molecule has 0 saturated heterocycles. The predicted molar refractivity (Wildman–Crippen MR) is 45.5 cm³/mol. The van der Waals surface area contributed by atoms with Crippen molar-refractivity contribution in [1.29, 1.82) is 0 Å². The fourth-order valence-corrected chi connectivity index (χ4v) is 1.59. The third kappa shape index (κ3) is 1.31. The lowest BCUT2D eigenvalue weighted by atomic mass is 10.5. The molecule has 0 unspecified atom stereocenters. The van der Waals surface area contributed by atoms with Crippen molar-refractivity contribution >= 4 is 39.1 Å². The van der Waals surface area contributed by atoms with E-state index in [1.807, 2.05) is 0 Å². The molecule has 2 nitrogen and oxygen atoms in total. The third-order valence-corrected chi connectivity index (χ3v) is 2.86. The Kier molecular flexibility index (Phi) is 2.61. The van der Waals surface area contributed by atoms with Gasteiger partial charge < -0.3 is 0 Å². The Morgan fingerprint density at radius 3 is 2.50 bits per heavy atom. The number of alkyl halides is 1. The fraction of sp³-hybridized carbons (Fsp3) is 0.400. The van der Waals surface area contributed by atoms with Crippen molar-refractivity contribution in [3.8, 4) is 0 Å². The van der Waals surface area contributed by atoms with Crippen LogP contribution in [0.2, 0.25) is 5.15 Å². The first kappa shape index (κ1) is 8.37.